The molecule has 1 aromatic heterocycles. The smallest absolute Gasteiger partial charge is 0.370 e. The van der Waals surface area contributed by atoms with Gasteiger partial charge in [-0.2, -0.15) is 13.2 Å². The van der Waals surface area contributed by atoms with Gasteiger partial charge in [-0.05, 0) is 30.4 Å². The van der Waals surface area contributed by atoms with Crippen molar-refractivity contribution in [1.82, 2.24) is 4.98 Å². The lowest BCUT2D eigenvalue weighted by Gasteiger charge is -2.17. The number of aromatic nitrogens is 1. The van der Waals surface area contributed by atoms with E-state index < -0.39 is 11.7 Å². The summed E-state index contributed by atoms with van der Waals surface area (Å²) in [5.74, 6) is 1.29. The number of hydrogen-bond donors (Lipinski definition) is 1. The summed E-state index contributed by atoms with van der Waals surface area (Å²) < 4.78 is 37.9. The maximum atomic E-state index is 12.6. The number of hydrogen-bond acceptors (Lipinski definition) is 2. The first-order valence-corrected chi connectivity index (χ1v) is 6.72. The fourth-order valence-electron chi connectivity index (χ4n) is 2.51. The lowest BCUT2D eigenvalue weighted by molar-refractivity contribution is -0.137. The molecule has 2 atom stereocenters. The fraction of sp³-hybridized carbons (Fsp3) is 0.615. The summed E-state index contributed by atoms with van der Waals surface area (Å²) in [7, 11) is 0. The average molecular weight is 293 g/mol. The van der Waals surface area contributed by atoms with Crippen LogP contribution in [0.25, 0.3) is 0 Å². The minimum Gasteiger partial charge on any atom is -0.370 e. The molecule has 106 valence electrons. The molecule has 0 bridgehead atoms. The topological polar surface area (TPSA) is 24.9 Å². The van der Waals surface area contributed by atoms with E-state index in [2.05, 4.69) is 17.2 Å². The van der Waals surface area contributed by atoms with Crippen LogP contribution in [0, 0.1) is 11.8 Å². The standard InChI is InChI=1S/C13H16ClF3N2/c1-8-3-2-4-9(8)7-18-12-6-10(13(15,16)17)5-11(14)19-12/h5-6,8-9H,2-4,7H2,1H3,(H,18,19). The van der Waals surface area contributed by atoms with Gasteiger partial charge in [-0.1, -0.05) is 31.4 Å². The van der Waals surface area contributed by atoms with Crippen molar-refractivity contribution >= 4 is 17.4 Å². The van der Waals surface area contributed by atoms with Crippen LogP contribution >= 0.6 is 11.6 Å². The van der Waals surface area contributed by atoms with E-state index in [1.807, 2.05) is 0 Å². The van der Waals surface area contributed by atoms with E-state index in [1.165, 1.54) is 12.8 Å². The van der Waals surface area contributed by atoms with Crippen LogP contribution < -0.4 is 5.32 Å². The van der Waals surface area contributed by atoms with Crippen LogP contribution in [-0.4, -0.2) is 11.5 Å². The number of rotatable bonds is 3. The third-order valence-corrected chi connectivity index (χ3v) is 3.90. The number of nitrogens with one attached hydrogen (secondary N) is 1. The summed E-state index contributed by atoms with van der Waals surface area (Å²) >= 11 is 5.63. The van der Waals surface area contributed by atoms with Gasteiger partial charge in [-0.3, -0.25) is 0 Å². The van der Waals surface area contributed by atoms with Gasteiger partial charge in [0.05, 0.1) is 5.56 Å². The minimum atomic E-state index is -4.40. The Morgan fingerprint density at radius 2 is 2.11 bits per heavy atom. The van der Waals surface area contributed by atoms with Crippen LogP contribution in [0.4, 0.5) is 19.0 Å². The number of anilines is 1. The Morgan fingerprint density at radius 1 is 1.37 bits per heavy atom. The van der Waals surface area contributed by atoms with Gasteiger partial charge in [0.15, 0.2) is 0 Å². The second-order valence-electron chi connectivity index (χ2n) is 5.11. The summed E-state index contributed by atoms with van der Waals surface area (Å²) in [5, 5.41) is 2.83. The molecule has 1 fully saturated rings. The van der Waals surface area contributed by atoms with Crippen molar-refractivity contribution in [2.24, 2.45) is 11.8 Å². The van der Waals surface area contributed by atoms with Crippen molar-refractivity contribution in [2.75, 3.05) is 11.9 Å². The molecule has 1 aliphatic rings. The fourth-order valence-corrected chi connectivity index (χ4v) is 2.72. The molecule has 0 radical (unpaired) electrons. The predicted octanol–water partition coefficient (Wildman–Crippen LogP) is 4.60. The molecule has 0 spiro atoms. The third kappa shape index (κ3) is 3.75. The van der Waals surface area contributed by atoms with Gasteiger partial charge in [0.25, 0.3) is 0 Å². The highest BCUT2D eigenvalue weighted by Crippen LogP contribution is 2.33. The number of alkyl halides is 3. The van der Waals surface area contributed by atoms with Crippen LogP contribution in [0.5, 0.6) is 0 Å². The van der Waals surface area contributed by atoms with Crippen molar-refractivity contribution in [3.05, 3.63) is 22.8 Å². The molecule has 0 aromatic carbocycles. The Labute approximate surface area is 115 Å². The second kappa shape index (κ2) is 5.57. The van der Waals surface area contributed by atoms with Crippen LogP contribution in [0.1, 0.15) is 31.7 Å². The van der Waals surface area contributed by atoms with Crippen molar-refractivity contribution in [3.63, 3.8) is 0 Å². The first kappa shape index (κ1) is 14.4. The molecular formula is C13H16ClF3N2. The van der Waals surface area contributed by atoms with Gasteiger partial charge < -0.3 is 5.32 Å². The van der Waals surface area contributed by atoms with Crippen molar-refractivity contribution in [1.29, 1.82) is 0 Å². The lowest BCUT2D eigenvalue weighted by Crippen LogP contribution is -2.17. The zero-order valence-corrected chi connectivity index (χ0v) is 11.4. The molecular weight excluding hydrogens is 277 g/mol. The average Bonchev–Trinajstić information content (AvgIpc) is 2.70. The number of pyridine rings is 1. The Kier molecular flexibility index (Phi) is 4.23. The van der Waals surface area contributed by atoms with Crippen LogP contribution in [0.15, 0.2) is 12.1 Å². The highest BCUT2D eigenvalue weighted by molar-refractivity contribution is 6.29. The Bertz CT molecular complexity index is 448. The van der Waals surface area contributed by atoms with E-state index in [9.17, 15) is 13.2 Å². The van der Waals surface area contributed by atoms with Crippen LogP contribution in [0.2, 0.25) is 5.15 Å². The quantitative estimate of drug-likeness (QED) is 0.824. The first-order valence-electron chi connectivity index (χ1n) is 6.35. The Hall–Kier alpha value is -0.970. The molecule has 1 aromatic rings. The highest BCUT2D eigenvalue weighted by atomic mass is 35.5. The first-order chi connectivity index (χ1) is 8.86. The molecule has 0 amide bonds. The van der Waals surface area contributed by atoms with Gasteiger partial charge in [0.2, 0.25) is 0 Å². The van der Waals surface area contributed by atoms with Crippen LogP contribution in [0.3, 0.4) is 0 Å². The summed E-state index contributed by atoms with van der Waals surface area (Å²) in [6.07, 6.45) is -0.919. The maximum absolute atomic E-state index is 12.6. The van der Waals surface area contributed by atoms with Crippen molar-refractivity contribution < 1.29 is 13.2 Å². The van der Waals surface area contributed by atoms with E-state index in [4.69, 9.17) is 11.6 Å². The van der Waals surface area contributed by atoms with Gasteiger partial charge >= 0.3 is 6.18 Å². The van der Waals surface area contributed by atoms with E-state index >= 15 is 0 Å². The van der Waals surface area contributed by atoms with E-state index in [0.29, 0.717) is 18.4 Å². The molecule has 6 heteroatoms. The van der Waals surface area contributed by atoms with Gasteiger partial charge in [0.1, 0.15) is 11.0 Å². The maximum Gasteiger partial charge on any atom is 0.416 e. The molecule has 19 heavy (non-hydrogen) atoms. The summed E-state index contributed by atoms with van der Waals surface area (Å²) in [6, 6.07) is 1.84. The third-order valence-electron chi connectivity index (χ3n) is 3.71. The molecule has 0 aliphatic heterocycles. The number of nitrogens with zero attached hydrogens (tertiary/aromatic N) is 1. The molecule has 1 saturated carbocycles. The monoisotopic (exact) mass is 292 g/mol. The minimum absolute atomic E-state index is 0.142. The second-order valence-corrected chi connectivity index (χ2v) is 5.50. The summed E-state index contributed by atoms with van der Waals surface area (Å²) in [5.41, 5.74) is -0.769. The molecule has 2 unspecified atom stereocenters. The molecule has 0 saturated heterocycles. The zero-order chi connectivity index (χ0) is 14.0. The summed E-state index contributed by atoms with van der Waals surface area (Å²) in [4.78, 5) is 3.89. The molecule has 2 rings (SSSR count). The molecule has 2 nitrogen and oxygen atoms in total. The van der Waals surface area contributed by atoms with Gasteiger partial charge in [-0.25, -0.2) is 4.98 Å². The molecule has 1 N–H and O–H groups in total. The van der Waals surface area contributed by atoms with Crippen molar-refractivity contribution in [3.8, 4) is 0 Å². The lowest BCUT2D eigenvalue weighted by atomic mass is 9.98. The molecule has 1 heterocycles. The van der Waals surface area contributed by atoms with E-state index in [0.717, 1.165) is 18.6 Å². The summed E-state index contributed by atoms with van der Waals surface area (Å²) in [6.45, 7) is 2.82. The number of halogens is 4. The van der Waals surface area contributed by atoms with Gasteiger partial charge in [0, 0.05) is 6.54 Å². The van der Waals surface area contributed by atoms with E-state index in [1.54, 1.807) is 0 Å². The van der Waals surface area contributed by atoms with Crippen LogP contribution in [-0.2, 0) is 6.18 Å². The molecule has 1 aliphatic carbocycles. The Balaban J connectivity index is 2.06. The Morgan fingerprint density at radius 3 is 2.68 bits per heavy atom. The van der Waals surface area contributed by atoms with Gasteiger partial charge in [-0.15, -0.1) is 0 Å². The zero-order valence-electron chi connectivity index (χ0n) is 10.6. The van der Waals surface area contributed by atoms with E-state index in [-0.39, 0.29) is 11.0 Å². The highest BCUT2D eigenvalue weighted by Gasteiger charge is 2.31. The van der Waals surface area contributed by atoms with Crippen molar-refractivity contribution in [2.45, 2.75) is 32.4 Å². The SMILES string of the molecule is CC1CCCC1CNc1cc(C(F)(F)F)cc(Cl)n1. The normalized spacial score (nSPS) is 23.6. The predicted molar refractivity (Wildman–Crippen MR) is 69.2 cm³/mol. The largest absolute Gasteiger partial charge is 0.416 e.